The monoisotopic (exact) mass is 325 g/mol. The first kappa shape index (κ1) is 15.5. The van der Waals surface area contributed by atoms with E-state index in [0.29, 0.717) is 17.1 Å². The number of halogens is 1. The smallest absolute Gasteiger partial charge is 0.266 e. The summed E-state index contributed by atoms with van der Waals surface area (Å²) in [4.78, 5) is 28.2. The van der Waals surface area contributed by atoms with E-state index < -0.39 is 10.7 Å². The molecule has 0 radical (unpaired) electrons. The zero-order valence-corrected chi connectivity index (χ0v) is 12.6. The highest BCUT2D eigenvalue weighted by atomic mass is 19.1. The van der Waals surface area contributed by atoms with Crippen LogP contribution in [-0.2, 0) is 4.79 Å². The Labute approximate surface area is 136 Å². The molecule has 0 unspecified atom stereocenters. The minimum atomic E-state index is -0.494. The first-order valence-corrected chi connectivity index (χ1v) is 7.07. The number of carbonyl (C=O) groups is 1. The van der Waals surface area contributed by atoms with Crippen molar-refractivity contribution in [2.75, 3.05) is 4.90 Å². The van der Waals surface area contributed by atoms with Gasteiger partial charge in [-0.3, -0.25) is 19.8 Å². The molecule has 1 amide bonds. The van der Waals surface area contributed by atoms with E-state index in [4.69, 9.17) is 0 Å². The average molecular weight is 325 g/mol. The number of carbonyl (C=O) groups excluding carboxylic acids is 1. The van der Waals surface area contributed by atoms with Crippen LogP contribution in [0.5, 0.6) is 0 Å². The number of nitrogens with zero attached hydrogens (tertiary/aromatic N) is 3. The van der Waals surface area contributed by atoms with Crippen molar-refractivity contribution in [1.29, 1.82) is 0 Å². The van der Waals surface area contributed by atoms with Crippen LogP contribution >= 0.6 is 0 Å². The lowest BCUT2D eigenvalue weighted by atomic mass is 10.1. The molecule has 1 aliphatic heterocycles. The van der Waals surface area contributed by atoms with Gasteiger partial charge in [0, 0.05) is 12.1 Å². The van der Waals surface area contributed by atoms with E-state index in [1.807, 2.05) is 0 Å². The molecule has 2 aromatic carbocycles. The van der Waals surface area contributed by atoms with Crippen molar-refractivity contribution in [2.24, 2.45) is 4.99 Å². The summed E-state index contributed by atoms with van der Waals surface area (Å²) in [6.07, 6.45) is 1.54. The highest BCUT2D eigenvalue weighted by Gasteiger charge is 2.29. The minimum absolute atomic E-state index is 0.0315. The summed E-state index contributed by atoms with van der Waals surface area (Å²) in [5.74, 6) is -0.392. The number of nitro benzene ring substituents is 1. The lowest BCUT2D eigenvalue weighted by molar-refractivity contribution is -0.384. The topological polar surface area (TPSA) is 75.8 Å². The highest BCUT2D eigenvalue weighted by molar-refractivity contribution is 6.28. The van der Waals surface area contributed by atoms with Gasteiger partial charge in [-0.15, -0.1) is 0 Å². The van der Waals surface area contributed by atoms with E-state index in [1.165, 1.54) is 53.4 Å². The van der Waals surface area contributed by atoms with E-state index in [2.05, 4.69) is 4.99 Å². The van der Waals surface area contributed by atoms with Crippen molar-refractivity contribution < 1.29 is 14.1 Å². The first-order valence-electron chi connectivity index (χ1n) is 7.07. The van der Waals surface area contributed by atoms with Crippen LogP contribution in [0.25, 0.3) is 6.08 Å². The summed E-state index contributed by atoms with van der Waals surface area (Å²) in [6.45, 7) is 1.65. The molecule has 0 aliphatic carbocycles. The predicted octanol–water partition coefficient (Wildman–Crippen LogP) is 3.54. The molecule has 1 aliphatic rings. The Morgan fingerprint density at radius 1 is 1.21 bits per heavy atom. The maximum atomic E-state index is 13.4. The van der Waals surface area contributed by atoms with E-state index in [1.54, 1.807) is 13.0 Å². The average Bonchev–Trinajstić information content (AvgIpc) is 2.82. The van der Waals surface area contributed by atoms with Crippen LogP contribution in [0.4, 0.5) is 15.8 Å². The SMILES string of the molecule is CC1=N/C(=C/c2ccc([N+](=O)[O-])cc2)C(=O)N1c1cccc(F)c1. The van der Waals surface area contributed by atoms with Gasteiger partial charge in [0.05, 0.1) is 10.6 Å². The van der Waals surface area contributed by atoms with Gasteiger partial charge in [-0.2, -0.15) is 0 Å². The second-order valence-electron chi connectivity index (χ2n) is 5.16. The standard InChI is InChI=1S/C17H12FN3O3/c1-11-19-16(9-12-5-7-14(8-6-12)21(23)24)17(22)20(11)15-4-2-3-13(18)10-15/h2-10H,1H3/b16-9+. The zero-order valence-electron chi connectivity index (χ0n) is 12.6. The third kappa shape index (κ3) is 2.91. The van der Waals surface area contributed by atoms with Crippen LogP contribution in [0.1, 0.15) is 12.5 Å². The number of nitro groups is 1. The first-order chi connectivity index (χ1) is 11.5. The van der Waals surface area contributed by atoms with Crippen LogP contribution in [0.2, 0.25) is 0 Å². The second kappa shape index (κ2) is 6.04. The molecule has 120 valence electrons. The van der Waals surface area contributed by atoms with Gasteiger partial charge in [0.25, 0.3) is 11.6 Å². The molecule has 0 N–H and O–H groups in total. The molecular formula is C17H12FN3O3. The molecular weight excluding hydrogens is 313 g/mol. The van der Waals surface area contributed by atoms with Crippen LogP contribution in [0, 0.1) is 15.9 Å². The molecule has 0 aromatic heterocycles. The summed E-state index contributed by atoms with van der Waals surface area (Å²) in [7, 11) is 0. The van der Waals surface area contributed by atoms with Crippen molar-refractivity contribution >= 4 is 29.2 Å². The van der Waals surface area contributed by atoms with Gasteiger partial charge in [0.2, 0.25) is 0 Å². The van der Waals surface area contributed by atoms with Crippen LogP contribution in [-0.4, -0.2) is 16.7 Å². The molecule has 0 saturated carbocycles. The van der Waals surface area contributed by atoms with Crippen LogP contribution in [0.15, 0.2) is 59.2 Å². The minimum Gasteiger partial charge on any atom is -0.266 e. The number of aliphatic imine (C=N–C) groups is 1. The Kier molecular flexibility index (Phi) is 3.91. The molecule has 0 atom stereocenters. The van der Waals surface area contributed by atoms with Crippen molar-refractivity contribution in [3.63, 3.8) is 0 Å². The molecule has 3 rings (SSSR count). The maximum absolute atomic E-state index is 13.4. The fraction of sp³-hybridized carbons (Fsp3) is 0.0588. The summed E-state index contributed by atoms with van der Waals surface area (Å²) in [6, 6.07) is 11.5. The van der Waals surface area contributed by atoms with Gasteiger partial charge in [-0.1, -0.05) is 6.07 Å². The molecule has 24 heavy (non-hydrogen) atoms. The Balaban J connectivity index is 1.91. The number of anilines is 1. The van der Waals surface area contributed by atoms with Crippen LogP contribution in [0.3, 0.4) is 0 Å². The number of hydrogen-bond acceptors (Lipinski definition) is 4. The Morgan fingerprint density at radius 2 is 1.92 bits per heavy atom. The number of amidine groups is 1. The number of benzene rings is 2. The third-order valence-electron chi connectivity index (χ3n) is 3.50. The highest BCUT2D eigenvalue weighted by Crippen LogP contribution is 2.25. The quantitative estimate of drug-likeness (QED) is 0.492. The maximum Gasteiger partial charge on any atom is 0.282 e. The van der Waals surface area contributed by atoms with Gasteiger partial charge >= 0.3 is 0 Å². The third-order valence-corrected chi connectivity index (χ3v) is 3.50. The largest absolute Gasteiger partial charge is 0.282 e. The Morgan fingerprint density at radius 3 is 2.54 bits per heavy atom. The molecule has 0 spiro atoms. The molecule has 0 bridgehead atoms. The van der Waals surface area contributed by atoms with Gasteiger partial charge < -0.3 is 0 Å². The summed E-state index contributed by atoms with van der Waals surface area (Å²) in [5.41, 5.74) is 1.16. The van der Waals surface area contributed by atoms with Gasteiger partial charge in [0.1, 0.15) is 17.3 Å². The molecule has 7 heteroatoms. The second-order valence-corrected chi connectivity index (χ2v) is 5.16. The lowest BCUT2D eigenvalue weighted by Gasteiger charge is -2.15. The molecule has 1 heterocycles. The Bertz CT molecular complexity index is 888. The molecule has 0 fully saturated rings. The fourth-order valence-corrected chi connectivity index (χ4v) is 2.40. The summed E-state index contributed by atoms with van der Waals surface area (Å²) >= 11 is 0. The summed E-state index contributed by atoms with van der Waals surface area (Å²) < 4.78 is 13.4. The molecule has 6 nitrogen and oxygen atoms in total. The van der Waals surface area contributed by atoms with Gasteiger partial charge in [-0.05, 0) is 48.9 Å². The zero-order chi connectivity index (χ0) is 17.3. The lowest BCUT2D eigenvalue weighted by Crippen LogP contribution is -2.30. The molecule has 2 aromatic rings. The van der Waals surface area contributed by atoms with Gasteiger partial charge in [0.15, 0.2) is 0 Å². The molecule has 0 saturated heterocycles. The number of hydrogen-bond donors (Lipinski definition) is 0. The predicted molar refractivity (Wildman–Crippen MR) is 88.1 cm³/mol. The van der Waals surface area contributed by atoms with Crippen molar-refractivity contribution in [3.05, 3.63) is 75.7 Å². The van der Waals surface area contributed by atoms with E-state index in [-0.39, 0.29) is 17.3 Å². The fourth-order valence-electron chi connectivity index (χ4n) is 2.40. The van der Waals surface area contributed by atoms with E-state index >= 15 is 0 Å². The normalized spacial score (nSPS) is 15.8. The van der Waals surface area contributed by atoms with Crippen molar-refractivity contribution in [2.45, 2.75) is 6.92 Å². The van der Waals surface area contributed by atoms with E-state index in [0.717, 1.165) is 0 Å². The number of amides is 1. The Hall–Kier alpha value is -3.35. The number of non-ortho nitro benzene ring substituents is 1. The van der Waals surface area contributed by atoms with Crippen molar-refractivity contribution in [1.82, 2.24) is 0 Å². The number of rotatable bonds is 3. The van der Waals surface area contributed by atoms with Gasteiger partial charge in [-0.25, -0.2) is 9.38 Å². The van der Waals surface area contributed by atoms with Crippen molar-refractivity contribution in [3.8, 4) is 0 Å². The summed E-state index contributed by atoms with van der Waals surface area (Å²) in [5, 5.41) is 10.7. The van der Waals surface area contributed by atoms with E-state index in [9.17, 15) is 19.3 Å². The van der Waals surface area contributed by atoms with Crippen LogP contribution < -0.4 is 4.90 Å².